The molecule has 55 heavy (non-hydrogen) atoms. The maximum Gasteiger partial charge on any atom is 0.306 e. The summed E-state index contributed by atoms with van der Waals surface area (Å²) in [4.78, 5) is 36.8. The van der Waals surface area contributed by atoms with Gasteiger partial charge in [0.2, 0.25) is 0 Å². The fourth-order valence-electron chi connectivity index (χ4n) is 7.31. The number of nitrogens with zero attached hydrogens (tertiary/aromatic N) is 1. The first-order chi connectivity index (χ1) is 26.6. The number of ether oxygens (including phenoxy) is 3. The van der Waals surface area contributed by atoms with E-state index in [-0.39, 0.29) is 42.7 Å². The highest BCUT2D eigenvalue weighted by molar-refractivity contribution is 5.70. The molecule has 0 aromatic carbocycles. The van der Waals surface area contributed by atoms with E-state index in [9.17, 15) is 19.5 Å². The number of carbonyl (C=O) groups is 3. The molecule has 0 bridgehead atoms. The summed E-state index contributed by atoms with van der Waals surface area (Å²) in [6.07, 6.45) is 39.9. The number of carboxylic acids is 1. The fraction of sp³-hybridized carbons (Fsp3) is 0.936. The Morgan fingerprint density at radius 2 is 0.800 bits per heavy atom. The molecule has 0 saturated carbocycles. The number of hydrogen-bond donors (Lipinski definition) is 0. The zero-order valence-electron chi connectivity index (χ0n) is 37.1. The summed E-state index contributed by atoms with van der Waals surface area (Å²) in [7, 11) is 5.42. The van der Waals surface area contributed by atoms with Crippen molar-refractivity contribution in [2.75, 3.05) is 41.0 Å². The van der Waals surface area contributed by atoms with E-state index in [1.807, 2.05) is 0 Å². The number of carbonyl (C=O) groups excluding carboxylic acids is 3. The van der Waals surface area contributed by atoms with Crippen LogP contribution < -0.4 is 5.11 Å². The van der Waals surface area contributed by atoms with E-state index in [0.717, 1.165) is 38.5 Å². The number of unbranched alkanes of at least 4 members (excludes halogenated alkanes) is 29. The molecular weight excluding hydrogens is 691 g/mol. The molecule has 8 heteroatoms. The van der Waals surface area contributed by atoms with Gasteiger partial charge in [-0.15, -0.1) is 0 Å². The standard InChI is InChI=1S/C47H91NO7/c1-6-8-10-12-14-16-18-19-20-21-22-23-24-25-26-27-28-30-31-33-35-37-45(49)54-42-43(41-53-40-39-44(47(51)52)48(3,4)5)55-46(50)38-36-34-32-29-17-15-13-11-9-7-2/h43-44H,6-42H2,1-5H3. The molecule has 0 aliphatic heterocycles. The van der Waals surface area contributed by atoms with E-state index in [1.54, 1.807) is 21.1 Å². The average Bonchev–Trinajstić information content (AvgIpc) is 3.14. The third-order valence-electron chi connectivity index (χ3n) is 11.0. The van der Waals surface area contributed by atoms with Crippen LogP contribution in [0.1, 0.15) is 232 Å². The van der Waals surface area contributed by atoms with Crippen molar-refractivity contribution in [2.45, 2.75) is 244 Å². The first-order valence-corrected chi connectivity index (χ1v) is 23.6. The first kappa shape index (κ1) is 53.3. The van der Waals surface area contributed by atoms with Gasteiger partial charge in [0.15, 0.2) is 6.10 Å². The molecule has 0 aliphatic carbocycles. The van der Waals surface area contributed by atoms with Gasteiger partial charge in [0.05, 0.1) is 40.3 Å². The van der Waals surface area contributed by atoms with Crippen LogP contribution in [-0.4, -0.2) is 75.5 Å². The topological polar surface area (TPSA) is 102 Å². The number of rotatable bonds is 43. The van der Waals surface area contributed by atoms with Gasteiger partial charge in [-0.25, -0.2) is 0 Å². The van der Waals surface area contributed by atoms with Crippen LogP contribution in [0.25, 0.3) is 0 Å². The second-order valence-electron chi connectivity index (χ2n) is 17.4. The van der Waals surface area contributed by atoms with Crippen molar-refractivity contribution >= 4 is 17.9 Å². The van der Waals surface area contributed by atoms with Crippen LogP contribution in [0.4, 0.5) is 0 Å². The normalized spacial score (nSPS) is 12.8. The molecule has 0 aromatic heterocycles. The van der Waals surface area contributed by atoms with Crippen LogP contribution in [-0.2, 0) is 28.6 Å². The molecule has 0 aliphatic rings. The molecular formula is C47H91NO7. The van der Waals surface area contributed by atoms with Crippen molar-refractivity contribution < 1.29 is 38.2 Å². The van der Waals surface area contributed by atoms with Crippen LogP contribution in [0.2, 0.25) is 0 Å². The van der Waals surface area contributed by atoms with Crippen LogP contribution in [0.3, 0.4) is 0 Å². The third-order valence-corrected chi connectivity index (χ3v) is 11.0. The molecule has 0 radical (unpaired) electrons. The summed E-state index contributed by atoms with van der Waals surface area (Å²) in [5.41, 5.74) is 0. The zero-order valence-corrected chi connectivity index (χ0v) is 37.1. The van der Waals surface area contributed by atoms with Crippen molar-refractivity contribution in [1.82, 2.24) is 0 Å². The summed E-state index contributed by atoms with van der Waals surface area (Å²) in [6.45, 7) is 4.69. The molecule has 0 aromatic rings. The fourth-order valence-corrected chi connectivity index (χ4v) is 7.31. The minimum absolute atomic E-state index is 0.0489. The largest absolute Gasteiger partial charge is 0.544 e. The van der Waals surface area contributed by atoms with E-state index < -0.39 is 18.1 Å². The van der Waals surface area contributed by atoms with Gasteiger partial charge in [-0.05, 0) is 12.8 Å². The molecule has 326 valence electrons. The molecule has 0 rings (SSSR count). The van der Waals surface area contributed by atoms with Crippen molar-refractivity contribution in [3.05, 3.63) is 0 Å². The zero-order chi connectivity index (χ0) is 40.7. The van der Waals surface area contributed by atoms with Gasteiger partial charge < -0.3 is 28.6 Å². The van der Waals surface area contributed by atoms with E-state index in [0.29, 0.717) is 12.8 Å². The lowest BCUT2D eigenvalue weighted by Crippen LogP contribution is -2.55. The molecule has 0 N–H and O–H groups in total. The maximum absolute atomic E-state index is 12.7. The van der Waals surface area contributed by atoms with E-state index in [4.69, 9.17) is 14.2 Å². The molecule has 0 amide bonds. The van der Waals surface area contributed by atoms with Gasteiger partial charge in [-0.2, -0.15) is 0 Å². The third kappa shape index (κ3) is 37.7. The van der Waals surface area contributed by atoms with Gasteiger partial charge in [0, 0.05) is 19.3 Å². The Balaban J connectivity index is 4.13. The SMILES string of the molecule is CCCCCCCCCCCCCCCCCCCCCCCC(=O)OCC(COCCC(C(=O)[O-])[N+](C)(C)C)OC(=O)CCCCCCCCCCCC. The predicted octanol–water partition coefficient (Wildman–Crippen LogP) is 11.6. The molecule has 2 atom stereocenters. The summed E-state index contributed by atoms with van der Waals surface area (Å²) < 4.78 is 17.2. The van der Waals surface area contributed by atoms with E-state index >= 15 is 0 Å². The monoisotopic (exact) mass is 782 g/mol. The van der Waals surface area contributed by atoms with Gasteiger partial charge in [0.1, 0.15) is 12.6 Å². The molecule has 0 heterocycles. The van der Waals surface area contributed by atoms with Crippen LogP contribution >= 0.6 is 0 Å². The lowest BCUT2D eigenvalue weighted by molar-refractivity contribution is -0.889. The lowest BCUT2D eigenvalue weighted by Gasteiger charge is -2.34. The van der Waals surface area contributed by atoms with Crippen LogP contribution in [0.15, 0.2) is 0 Å². The smallest absolute Gasteiger partial charge is 0.306 e. The predicted molar refractivity (Wildman–Crippen MR) is 227 cm³/mol. The Labute approximate surface area is 340 Å². The first-order valence-electron chi connectivity index (χ1n) is 23.6. The summed E-state index contributed by atoms with van der Waals surface area (Å²) in [5.74, 6) is -1.71. The molecule has 2 unspecified atom stereocenters. The van der Waals surface area contributed by atoms with Crippen molar-refractivity contribution in [1.29, 1.82) is 0 Å². The molecule has 8 nitrogen and oxygen atoms in total. The molecule has 0 saturated heterocycles. The van der Waals surface area contributed by atoms with Gasteiger partial charge in [-0.1, -0.05) is 200 Å². The van der Waals surface area contributed by atoms with E-state index in [2.05, 4.69) is 13.8 Å². The van der Waals surface area contributed by atoms with Gasteiger partial charge in [-0.3, -0.25) is 9.59 Å². The number of esters is 2. The summed E-state index contributed by atoms with van der Waals surface area (Å²) in [6, 6.07) is -0.718. The Morgan fingerprint density at radius 3 is 1.13 bits per heavy atom. The highest BCUT2D eigenvalue weighted by atomic mass is 16.6. The minimum atomic E-state index is -1.12. The Hall–Kier alpha value is -1.67. The summed E-state index contributed by atoms with van der Waals surface area (Å²) in [5, 5.41) is 11.6. The number of carboxylic acid groups (broad SMARTS) is 1. The Kier molecular flexibility index (Phi) is 38.0. The second kappa shape index (κ2) is 39.2. The van der Waals surface area contributed by atoms with Crippen LogP contribution in [0.5, 0.6) is 0 Å². The second-order valence-corrected chi connectivity index (χ2v) is 17.4. The maximum atomic E-state index is 12.7. The van der Waals surface area contributed by atoms with Crippen molar-refractivity contribution in [3.8, 4) is 0 Å². The Morgan fingerprint density at radius 1 is 0.473 bits per heavy atom. The number of hydrogen-bond acceptors (Lipinski definition) is 7. The highest BCUT2D eigenvalue weighted by Gasteiger charge is 2.25. The van der Waals surface area contributed by atoms with Crippen LogP contribution in [0, 0.1) is 0 Å². The molecule has 0 fully saturated rings. The number of quaternary nitrogens is 1. The molecule has 0 spiro atoms. The Bertz CT molecular complexity index is 874. The van der Waals surface area contributed by atoms with Crippen molar-refractivity contribution in [2.24, 2.45) is 0 Å². The van der Waals surface area contributed by atoms with Gasteiger partial charge >= 0.3 is 11.9 Å². The number of aliphatic carboxylic acids is 1. The average molecular weight is 782 g/mol. The van der Waals surface area contributed by atoms with Crippen molar-refractivity contribution in [3.63, 3.8) is 0 Å². The minimum Gasteiger partial charge on any atom is -0.544 e. The van der Waals surface area contributed by atoms with E-state index in [1.165, 1.54) is 161 Å². The van der Waals surface area contributed by atoms with Gasteiger partial charge in [0.25, 0.3) is 0 Å². The quantitative estimate of drug-likeness (QED) is 0.0345. The lowest BCUT2D eigenvalue weighted by atomic mass is 10.0. The highest BCUT2D eigenvalue weighted by Crippen LogP contribution is 2.16. The number of likely N-dealkylation sites (N-methyl/N-ethyl adjacent to an activating group) is 1. The summed E-state index contributed by atoms with van der Waals surface area (Å²) >= 11 is 0.